The first-order chi connectivity index (χ1) is 21.8. The molecule has 2 aromatic rings. The van der Waals surface area contributed by atoms with Crippen molar-refractivity contribution in [1.29, 1.82) is 0 Å². The van der Waals surface area contributed by atoms with E-state index in [1.54, 1.807) is 18.2 Å². The predicted molar refractivity (Wildman–Crippen MR) is 192 cm³/mol. The Balaban J connectivity index is 1.43. The van der Waals surface area contributed by atoms with E-state index in [1.165, 1.54) is 38.2 Å². The molecule has 2 heterocycles. The van der Waals surface area contributed by atoms with Crippen LogP contribution >= 0.6 is 81.2 Å². The Bertz CT molecular complexity index is 1330. The molecule has 46 heavy (non-hydrogen) atoms. The number of alkyl halides is 6. The minimum absolute atomic E-state index is 0.103. The van der Waals surface area contributed by atoms with Crippen LogP contribution in [-0.4, -0.2) is 66.9 Å². The standard InChI is InChI=1S/C34H41Cl7FN3O/c35-28-8-4-9-29(42)25(28)21-31(46)30-22-32(12-5-14-43-30,23-10-11-26(33(36,37)38)27(20-23)34(39,40)41)13-15-44-16-18-45(19-17-44)24-6-2-1-3-7-24/h4,8-11,20,24,30,43H,1-3,5-7,12-19,21-22H2. The van der Waals surface area contributed by atoms with Crippen molar-refractivity contribution in [2.24, 2.45) is 0 Å². The van der Waals surface area contributed by atoms with E-state index in [0.29, 0.717) is 30.1 Å². The number of hydrogen-bond donors (Lipinski definition) is 1. The van der Waals surface area contributed by atoms with Gasteiger partial charge in [-0.2, -0.15) is 0 Å². The highest BCUT2D eigenvalue weighted by Gasteiger charge is 2.42. The molecule has 2 aliphatic heterocycles. The Morgan fingerprint density at radius 1 is 0.913 bits per heavy atom. The van der Waals surface area contributed by atoms with Gasteiger partial charge >= 0.3 is 0 Å². The summed E-state index contributed by atoms with van der Waals surface area (Å²) in [6.07, 6.45) is 9.43. The zero-order valence-electron chi connectivity index (χ0n) is 25.8. The second kappa shape index (κ2) is 15.9. The van der Waals surface area contributed by atoms with E-state index in [0.717, 1.165) is 57.5 Å². The fourth-order valence-electron chi connectivity index (χ4n) is 7.65. The van der Waals surface area contributed by atoms with Crippen molar-refractivity contribution in [3.8, 4) is 0 Å². The summed E-state index contributed by atoms with van der Waals surface area (Å²) < 4.78 is 11.1. The lowest BCUT2D eigenvalue weighted by atomic mass is 9.69. The van der Waals surface area contributed by atoms with Gasteiger partial charge in [-0.1, -0.05) is 125 Å². The number of nitrogens with one attached hydrogen (secondary N) is 1. The van der Waals surface area contributed by atoms with Gasteiger partial charge in [-0.3, -0.25) is 9.69 Å². The molecule has 1 N–H and O–H groups in total. The van der Waals surface area contributed by atoms with Gasteiger partial charge < -0.3 is 10.2 Å². The molecule has 2 saturated heterocycles. The Labute approximate surface area is 307 Å². The van der Waals surface area contributed by atoms with Gasteiger partial charge in [-0.25, -0.2) is 4.39 Å². The SMILES string of the molecule is O=C(Cc1c(F)cccc1Cl)C1CC(CCN2CCN(C3CCCCC3)CC2)(c2ccc(C(Cl)(Cl)Cl)c(C(Cl)(Cl)Cl)c2)CCCN1. The third-order valence-electron chi connectivity index (χ3n) is 10.3. The fraction of sp³-hybridized carbons (Fsp3) is 0.618. The first-order valence-corrected chi connectivity index (χ1v) is 18.9. The number of halogens is 8. The highest BCUT2D eigenvalue weighted by molar-refractivity contribution is 6.69. The van der Waals surface area contributed by atoms with Crippen LogP contribution in [0.4, 0.5) is 4.39 Å². The molecule has 2 aromatic carbocycles. The van der Waals surface area contributed by atoms with Crippen molar-refractivity contribution in [1.82, 2.24) is 15.1 Å². The van der Waals surface area contributed by atoms with Gasteiger partial charge in [0.25, 0.3) is 0 Å². The Morgan fingerprint density at radius 2 is 1.61 bits per heavy atom. The molecule has 254 valence electrons. The topological polar surface area (TPSA) is 35.6 Å². The smallest absolute Gasteiger partial charge is 0.216 e. The molecule has 0 spiro atoms. The lowest BCUT2D eigenvalue weighted by Crippen LogP contribution is -2.51. The van der Waals surface area contributed by atoms with Gasteiger partial charge in [-0.05, 0) is 74.7 Å². The molecule has 2 atom stereocenters. The molecule has 0 radical (unpaired) electrons. The van der Waals surface area contributed by atoms with Crippen molar-refractivity contribution >= 4 is 87.0 Å². The molecule has 1 aliphatic carbocycles. The van der Waals surface area contributed by atoms with E-state index >= 15 is 0 Å². The maximum absolute atomic E-state index is 14.7. The van der Waals surface area contributed by atoms with E-state index in [9.17, 15) is 9.18 Å². The quantitative estimate of drug-likeness (QED) is 0.271. The summed E-state index contributed by atoms with van der Waals surface area (Å²) in [5, 5.41) is 3.69. The number of ketones is 1. The molecule has 5 rings (SSSR count). The monoisotopic (exact) mass is 771 g/mol. The van der Waals surface area contributed by atoms with Gasteiger partial charge in [0.1, 0.15) is 5.82 Å². The molecule has 0 amide bonds. The van der Waals surface area contributed by atoms with Gasteiger partial charge in [-0.15, -0.1) is 0 Å². The molecular formula is C34H41Cl7FN3O. The second-order valence-electron chi connectivity index (χ2n) is 13.1. The first kappa shape index (κ1) is 37.2. The number of piperazine rings is 1. The highest BCUT2D eigenvalue weighted by atomic mass is 35.6. The van der Waals surface area contributed by atoms with E-state index in [1.807, 2.05) is 12.1 Å². The second-order valence-corrected chi connectivity index (χ2v) is 18.1. The van der Waals surface area contributed by atoms with Gasteiger partial charge in [0.05, 0.1) is 6.04 Å². The maximum Gasteiger partial charge on any atom is 0.216 e. The number of rotatable bonds is 8. The third-order valence-corrected chi connectivity index (χ3v) is 11.8. The average Bonchev–Trinajstić information content (AvgIpc) is 3.25. The molecule has 1 saturated carbocycles. The van der Waals surface area contributed by atoms with Crippen LogP contribution in [0.1, 0.15) is 80.0 Å². The van der Waals surface area contributed by atoms with Crippen LogP contribution in [0.3, 0.4) is 0 Å². The molecule has 4 nitrogen and oxygen atoms in total. The third kappa shape index (κ3) is 9.19. The van der Waals surface area contributed by atoms with Crippen LogP contribution in [0, 0.1) is 5.82 Å². The number of benzene rings is 2. The highest BCUT2D eigenvalue weighted by Crippen LogP contribution is 2.50. The first-order valence-electron chi connectivity index (χ1n) is 16.2. The summed E-state index contributed by atoms with van der Waals surface area (Å²) in [4.78, 5) is 19.0. The summed E-state index contributed by atoms with van der Waals surface area (Å²) >= 11 is 44.6. The van der Waals surface area contributed by atoms with Gasteiger partial charge in [0.2, 0.25) is 7.59 Å². The van der Waals surface area contributed by atoms with Gasteiger partial charge in [0.15, 0.2) is 5.78 Å². The van der Waals surface area contributed by atoms with Gasteiger partial charge in [0, 0.05) is 60.4 Å². The van der Waals surface area contributed by atoms with Crippen LogP contribution in [0.25, 0.3) is 0 Å². The van der Waals surface area contributed by atoms with E-state index in [4.69, 9.17) is 81.2 Å². The lowest BCUT2D eigenvalue weighted by Gasteiger charge is -2.43. The molecule has 3 fully saturated rings. The van der Waals surface area contributed by atoms with Crippen LogP contribution < -0.4 is 5.32 Å². The summed E-state index contributed by atoms with van der Waals surface area (Å²) in [5.41, 5.74) is 1.28. The fourth-order valence-corrected chi connectivity index (χ4v) is 8.85. The molecule has 0 bridgehead atoms. The van der Waals surface area contributed by atoms with Crippen molar-refractivity contribution in [3.05, 3.63) is 69.5 Å². The predicted octanol–water partition coefficient (Wildman–Crippen LogP) is 9.66. The van der Waals surface area contributed by atoms with E-state index in [2.05, 4.69) is 15.1 Å². The van der Waals surface area contributed by atoms with Crippen LogP contribution in [0.2, 0.25) is 5.02 Å². The summed E-state index contributed by atoms with van der Waals surface area (Å²) in [5.74, 6) is -0.596. The number of nitrogens with zero attached hydrogens (tertiary/aromatic N) is 2. The van der Waals surface area contributed by atoms with Crippen molar-refractivity contribution < 1.29 is 9.18 Å². The summed E-state index contributed by atoms with van der Waals surface area (Å²) in [6, 6.07) is 10.2. The molecule has 12 heteroatoms. The van der Waals surface area contributed by atoms with Crippen molar-refractivity contribution in [2.45, 2.75) is 89.3 Å². The number of Topliss-reactive ketones (excluding diaryl/α,β-unsaturated/α-hetero) is 1. The zero-order valence-corrected chi connectivity index (χ0v) is 31.1. The molecular weight excluding hydrogens is 734 g/mol. The van der Waals surface area contributed by atoms with Crippen molar-refractivity contribution in [3.63, 3.8) is 0 Å². The molecule has 3 aliphatic rings. The normalized spacial score (nSPS) is 24.6. The zero-order chi connectivity index (χ0) is 33.1. The average molecular weight is 775 g/mol. The van der Waals surface area contributed by atoms with Crippen LogP contribution in [0.5, 0.6) is 0 Å². The largest absolute Gasteiger partial charge is 0.307 e. The summed E-state index contributed by atoms with van der Waals surface area (Å²) in [7, 11) is 0. The minimum atomic E-state index is -1.84. The minimum Gasteiger partial charge on any atom is -0.307 e. The Kier molecular flexibility index (Phi) is 12.8. The van der Waals surface area contributed by atoms with E-state index < -0.39 is 24.9 Å². The Morgan fingerprint density at radius 3 is 2.26 bits per heavy atom. The number of carbonyl (C=O) groups is 1. The number of hydrogen-bond acceptors (Lipinski definition) is 4. The maximum atomic E-state index is 14.7. The van der Waals surface area contributed by atoms with Crippen LogP contribution in [-0.2, 0) is 24.2 Å². The molecule has 0 aromatic heterocycles. The Hall–Kier alpha value is -0.0500. The summed E-state index contributed by atoms with van der Waals surface area (Å²) in [6.45, 7) is 5.65. The van der Waals surface area contributed by atoms with E-state index in [-0.39, 0.29) is 22.8 Å². The lowest BCUT2D eigenvalue weighted by molar-refractivity contribution is -0.120. The van der Waals surface area contributed by atoms with Crippen molar-refractivity contribution in [2.75, 3.05) is 39.3 Å². The molecule has 2 unspecified atom stereocenters. The van der Waals surface area contributed by atoms with Crippen LogP contribution in [0.15, 0.2) is 36.4 Å². The number of carbonyl (C=O) groups excluding carboxylic acids is 1.